The molecule has 1 aromatic carbocycles. The van der Waals surface area contributed by atoms with Crippen molar-refractivity contribution in [3.63, 3.8) is 0 Å². The number of methoxy groups -OCH3 is 2. The van der Waals surface area contributed by atoms with Gasteiger partial charge < -0.3 is 14.2 Å². The van der Waals surface area contributed by atoms with Gasteiger partial charge in [0.15, 0.2) is 17.3 Å². The van der Waals surface area contributed by atoms with E-state index in [2.05, 4.69) is 11.6 Å². The molecule has 0 aliphatic heterocycles. The van der Waals surface area contributed by atoms with E-state index in [1.165, 1.54) is 26.6 Å². The molecule has 2 rings (SSSR count). The Morgan fingerprint density at radius 3 is 2.40 bits per heavy atom. The Morgan fingerprint density at radius 1 is 1.16 bits per heavy atom. The minimum absolute atomic E-state index is 0.00374. The Balaban J connectivity index is 2.43. The Hall–Kier alpha value is -2.24. The molecule has 2 aromatic rings. The predicted molar refractivity (Wildman–Crippen MR) is 97.5 cm³/mol. The molecule has 7 heteroatoms. The van der Waals surface area contributed by atoms with Gasteiger partial charge in [0.1, 0.15) is 6.61 Å². The normalized spacial score (nSPS) is 10.2. The number of rotatable bonds is 8. The highest BCUT2D eigenvalue weighted by Gasteiger charge is 2.22. The predicted octanol–water partition coefficient (Wildman–Crippen LogP) is 4.40. The number of hydrogen-bond donors (Lipinski definition) is 0. The standard InChI is InChI=1S/C18H17Cl2NO4/c1-4-7-25-18-16(23-2)6-5-11(17(18)24-3)15(22)8-12-13(19)9-21-10-14(12)20/h4-6,9-10H,1,7-8H2,2-3H3. The third-order valence-corrected chi connectivity index (χ3v) is 4.09. The molecule has 0 saturated heterocycles. The maximum Gasteiger partial charge on any atom is 0.204 e. The molecule has 0 spiro atoms. The minimum Gasteiger partial charge on any atom is -0.493 e. The van der Waals surface area contributed by atoms with Crippen LogP contribution in [0, 0.1) is 0 Å². The number of nitrogens with zero attached hydrogens (tertiary/aromatic N) is 1. The fourth-order valence-electron chi connectivity index (χ4n) is 2.27. The van der Waals surface area contributed by atoms with E-state index in [9.17, 15) is 4.79 Å². The number of carbonyl (C=O) groups is 1. The number of Topliss-reactive ketones (excluding diaryl/α,β-unsaturated/α-hetero) is 1. The number of benzene rings is 1. The third-order valence-electron chi connectivity index (χ3n) is 3.44. The molecule has 0 aliphatic carbocycles. The van der Waals surface area contributed by atoms with Crippen LogP contribution in [0.4, 0.5) is 0 Å². The van der Waals surface area contributed by atoms with Crippen LogP contribution in [0.25, 0.3) is 0 Å². The van der Waals surface area contributed by atoms with Gasteiger partial charge in [0.05, 0.1) is 29.8 Å². The number of pyridine rings is 1. The van der Waals surface area contributed by atoms with Crippen LogP contribution in [-0.4, -0.2) is 31.6 Å². The third kappa shape index (κ3) is 4.24. The summed E-state index contributed by atoms with van der Waals surface area (Å²) in [5.41, 5.74) is 0.848. The summed E-state index contributed by atoms with van der Waals surface area (Å²) in [6.07, 6.45) is 4.48. The Labute approximate surface area is 156 Å². The van der Waals surface area contributed by atoms with Gasteiger partial charge in [-0.25, -0.2) is 0 Å². The quantitative estimate of drug-likeness (QED) is 0.501. The lowest BCUT2D eigenvalue weighted by Crippen LogP contribution is -2.09. The first-order chi connectivity index (χ1) is 12.0. The van der Waals surface area contributed by atoms with E-state index in [1.807, 2.05) is 0 Å². The Kier molecular flexibility index (Phi) is 6.67. The summed E-state index contributed by atoms with van der Waals surface area (Å²) in [6, 6.07) is 3.26. The van der Waals surface area contributed by atoms with Crippen LogP contribution in [0.2, 0.25) is 10.0 Å². The van der Waals surface area contributed by atoms with E-state index < -0.39 is 0 Å². The van der Waals surface area contributed by atoms with E-state index in [1.54, 1.807) is 18.2 Å². The molecule has 0 atom stereocenters. The zero-order valence-electron chi connectivity index (χ0n) is 13.8. The largest absolute Gasteiger partial charge is 0.493 e. The van der Waals surface area contributed by atoms with Gasteiger partial charge in [-0.2, -0.15) is 0 Å². The van der Waals surface area contributed by atoms with E-state index in [4.69, 9.17) is 37.4 Å². The van der Waals surface area contributed by atoms with Gasteiger partial charge >= 0.3 is 0 Å². The van der Waals surface area contributed by atoms with Crippen molar-refractivity contribution in [2.75, 3.05) is 20.8 Å². The first-order valence-corrected chi connectivity index (χ1v) is 8.08. The number of ketones is 1. The molecule has 0 radical (unpaired) electrons. The summed E-state index contributed by atoms with van der Waals surface area (Å²) in [4.78, 5) is 16.7. The van der Waals surface area contributed by atoms with Crippen molar-refractivity contribution in [1.29, 1.82) is 0 Å². The van der Waals surface area contributed by atoms with Crippen LogP contribution in [0.15, 0.2) is 37.2 Å². The second-order valence-corrected chi connectivity index (χ2v) is 5.77. The minimum atomic E-state index is -0.224. The summed E-state index contributed by atoms with van der Waals surface area (Å²) in [5, 5.41) is 0.660. The second-order valence-electron chi connectivity index (χ2n) is 4.96. The van der Waals surface area contributed by atoms with Crippen molar-refractivity contribution in [2.45, 2.75) is 6.42 Å². The fourth-order valence-corrected chi connectivity index (χ4v) is 2.77. The summed E-state index contributed by atoms with van der Waals surface area (Å²) in [5.74, 6) is 0.850. The monoisotopic (exact) mass is 381 g/mol. The zero-order valence-corrected chi connectivity index (χ0v) is 15.4. The van der Waals surface area contributed by atoms with Gasteiger partial charge in [-0.1, -0.05) is 35.9 Å². The summed E-state index contributed by atoms with van der Waals surface area (Å²) >= 11 is 12.2. The zero-order chi connectivity index (χ0) is 18.4. The molecule has 132 valence electrons. The molecule has 25 heavy (non-hydrogen) atoms. The maximum atomic E-state index is 12.8. The van der Waals surface area contributed by atoms with Crippen molar-refractivity contribution >= 4 is 29.0 Å². The van der Waals surface area contributed by atoms with Crippen LogP contribution < -0.4 is 14.2 Å². The molecular weight excluding hydrogens is 365 g/mol. The fraction of sp³-hybridized carbons (Fsp3) is 0.222. The molecular formula is C18H17Cl2NO4. The van der Waals surface area contributed by atoms with Gasteiger partial charge in [-0.3, -0.25) is 9.78 Å². The SMILES string of the molecule is C=CCOc1c(OC)ccc(C(=O)Cc2c(Cl)cncc2Cl)c1OC. The van der Waals surface area contributed by atoms with E-state index in [0.717, 1.165) is 0 Å². The van der Waals surface area contributed by atoms with Gasteiger partial charge in [0.25, 0.3) is 0 Å². The number of ether oxygens (including phenoxy) is 3. The van der Waals surface area contributed by atoms with Crippen LogP contribution in [-0.2, 0) is 6.42 Å². The van der Waals surface area contributed by atoms with Gasteiger partial charge in [0, 0.05) is 24.4 Å². The molecule has 1 aromatic heterocycles. The summed E-state index contributed by atoms with van der Waals surface area (Å²) in [7, 11) is 2.96. The second kappa shape index (κ2) is 8.74. The highest BCUT2D eigenvalue weighted by Crippen LogP contribution is 2.40. The molecule has 0 amide bonds. The lowest BCUT2D eigenvalue weighted by Gasteiger charge is -2.16. The summed E-state index contributed by atoms with van der Waals surface area (Å²) in [6.45, 7) is 3.85. The average Bonchev–Trinajstić information content (AvgIpc) is 2.61. The first-order valence-electron chi connectivity index (χ1n) is 7.33. The Morgan fingerprint density at radius 2 is 1.84 bits per heavy atom. The molecule has 1 heterocycles. The van der Waals surface area contributed by atoms with E-state index >= 15 is 0 Å². The molecule has 0 bridgehead atoms. The van der Waals surface area contributed by atoms with Crippen LogP contribution in [0.1, 0.15) is 15.9 Å². The lowest BCUT2D eigenvalue weighted by molar-refractivity contribution is 0.0989. The van der Waals surface area contributed by atoms with Crippen molar-refractivity contribution in [3.8, 4) is 17.2 Å². The average molecular weight is 382 g/mol. The number of aromatic nitrogens is 1. The van der Waals surface area contributed by atoms with Crippen molar-refractivity contribution in [2.24, 2.45) is 0 Å². The number of carbonyl (C=O) groups excluding carboxylic acids is 1. The van der Waals surface area contributed by atoms with E-state index in [-0.39, 0.29) is 24.6 Å². The Bertz CT molecular complexity index is 773. The smallest absolute Gasteiger partial charge is 0.204 e. The summed E-state index contributed by atoms with van der Waals surface area (Å²) < 4.78 is 16.3. The van der Waals surface area contributed by atoms with E-state index in [0.29, 0.717) is 32.7 Å². The topological polar surface area (TPSA) is 57.7 Å². The van der Waals surface area contributed by atoms with Gasteiger partial charge in [-0.15, -0.1) is 0 Å². The van der Waals surface area contributed by atoms with Gasteiger partial charge in [0.2, 0.25) is 5.75 Å². The van der Waals surface area contributed by atoms with Crippen LogP contribution in [0.3, 0.4) is 0 Å². The van der Waals surface area contributed by atoms with Crippen molar-refractivity contribution in [3.05, 3.63) is 58.4 Å². The molecule has 0 fully saturated rings. The van der Waals surface area contributed by atoms with Crippen LogP contribution >= 0.6 is 23.2 Å². The molecule has 0 aliphatic rings. The lowest BCUT2D eigenvalue weighted by atomic mass is 10.0. The highest BCUT2D eigenvalue weighted by atomic mass is 35.5. The van der Waals surface area contributed by atoms with Crippen molar-refractivity contribution < 1.29 is 19.0 Å². The molecule has 0 saturated carbocycles. The number of hydrogen-bond acceptors (Lipinski definition) is 5. The maximum absolute atomic E-state index is 12.8. The van der Waals surface area contributed by atoms with Gasteiger partial charge in [-0.05, 0) is 12.1 Å². The molecule has 0 unspecified atom stereocenters. The van der Waals surface area contributed by atoms with Crippen LogP contribution in [0.5, 0.6) is 17.2 Å². The first kappa shape index (κ1) is 19.1. The highest BCUT2D eigenvalue weighted by molar-refractivity contribution is 6.36. The van der Waals surface area contributed by atoms with Crippen molar-refractivity contribution in [1.82, 2.24) is 4.98 Å². The molecule has 5 nitrogen and oxygen atoms in total. The molecule has 0 N–H and O–H groups in total. The number of halogens is 2.